The number of hydrogen-bond acceptors (Lipinski definition) is 3. The van der Waals surface area contributed by atoms with Crippen molar-refractivity contribution in [2.75, 3.05) is 26.3 Å². The van der Waals surface area contributed by atoms with E-state index < -0.39 is 0 Å². The maximum Gasteiger partial charge on any atom is 0.251 e. The first-order valence-electron chi connectivity index (χ1n) is 7.89. The Labute approximate surface area is 127 Å². The number of nitrogens with zero attached hydrogens (tertiary/aromatic N) is 1. The van der Waals surface area contributed by atoms with Crippen LogP contribution < -0.4 is 5.32 Å². The molecule has 1 aliphatic rings. The molecule has 0 aliphatic carbocycles. The topological polar surface area (TPSA) is 41.6 Å². The number of morpholine rings is 1. The third kappa shape index (κ3) is 5.14. The number of ether oxygens (including phenoxy) is 1. The molecule has 1 saturated heterocycles. The Morgan fingerprint density at radius 1 is 1.38 bits per heavy atom. The smallest absolute Gasteiger partial charge is 0.251 e. The number of rotatable bonds is 6. The number of amides is 1. The zero-order chi connectivity index (χ0) is 15.1. The summed E-state index contributed by atoms with van der Waals surface area (Å²) in [5.74, 6) is 0.0276. The largest absolute Gasteiger partial charge is 0.379 e. The summed E-state index contributed by atoms with van der Waals surface area (Å²) < 4.78 is 5.36. The summed E-state index contributed by atoms with van der Waals surface area (Å²) in [6.45, 7) is 8.59. The monoisotopic (exact) mass is 290 g/mol. The first-order chi connectivity index (χ1) is 10.2. The third-order valence-corrected chi connectivity index (χ3v) is 3.80. The van der Waals surface area contributed by atoms with E-state index in [-0.39, 0.29) is 11.9 Å². The molecule has 1 amide bonds. The van der Waals surface area contributed by atoms with Crippen molar-refractivity contribution in [2.24, 2.45) is 0 Å². The minimum absolute atomic E-state index is 0.0276. The summed E-state index contributed by atoms with van der Waals surface area (Å²) >= 11 is 0. The number of carbonyl (C=O) groups is 1. The second-order valence-electron chi connectivity index (χ2n) is 5.75. The number of hydrogen-bond donors (Lipinski definition) is 1. The molecule has 1 N–H and O–H groups in total. The minimum Gasteiger partial charge on any atom is -0.379 e. The molecule has 1 heterocycles. The lowest BCUT2D eigenvalue weighted by Gasteiger charge is -2.26. The summed E-state index contributed by atoms with van der Waals surface area (Å²) in [4.78, 5) is 14.6. The van der Waals surface area contributed by atoms with Crippen molar-refractivity contribution < 1.29 is 9.53 Å². The van der Waals surface area contributed by atoms with Gasteiger partial charge in [0.25, 0.3) is 5.91 Å². The molecule has 4 heteroatoms. The average Bonchev–Trinajstić information content (AvgIpc) is 2.49. The van der Waals surface area contributed by atoms with Gasteiger partial charge in [-0.25, -0.2) is 0 Å². The number of carbonyl (C=O) groups excluding carboxylic acids is 1. The van der Waals surface area contributed by atoms with Crippen LogP contribution in [-0.2, 0) is 11.3 Å². The second kappa shape index (κ2) is 8.15. The average molecular weight is 290 g/mol. The Hall–Kier alpha value is -1.39. The Morgan fingerprint density at radius 3 is 2.86 bits per heavy atom. The lowest BCUT2D eigenvalue weighted by Crippen LogP contribution is -2.35. The Morgan fingerprint density at radius 2 is 2.14 bits per heavy atom. The number of benzene rings is 1. The Kier molecular flexibility index (Phi) is 6.21. The highest BCUT2D eigenvalue weighted by molar-refractivity contribution is 5.94. The van der Waals surface area contributed by atoms with Crippen LogP contribution in [0.15, 0.2) is 24.3 Å². The molecule has 0 aromatic heterocycles. The van der Waals surface area contributed by atoms with Gasteiger partial charge >= 0.3 is 0 Å². The van der Waals surface area contributed by atoms with Crippen LogP contribution in [0, 0.1) is 0 Å². The van der Waals surface area contributed by atoms with Gasteiger partial charge < -0.3 is 10.1 Å². The van der Waals surface area contributed by atoms with E-state index in [0.717, 1.165) is 51.3 Å². The SMILES string of the molecule is CCCC(C)NC(=O)c1cccc(CN2CCOCC2)c1. The summed E-state index contributed by atoms with van der Waals surface area (Å²) in [5.41, 5.74) is 1.94. The zero-order valence-electron chi connectivity index (χ0n) is 13.1. The van der Waals surface area contributed by atoms with Crippen LogP contribution in [0.1, 0.15) is 42.6 Å². The normalized spacial score (nSPS) is 17.4. The van der Waals surface area contributed by atoms with Gasteiger partial charge in [-0.3, -0.25) is 9.69 Å². The van der Waals surface area contributed by atoms with Gasteiger partial charge in [0.1, 0.15) is 0 Å². The van der Waals surface area contributed by atoms with Crippen molar-refractivity contribution in [3.05, 3.63) is 35.4 Å². The van der Waals surface area contributed by atoms with Crippen molar-refractivity contribution in [1.82, 2.24) is 10.2 Å². The summed E-state index contributed by atoms with van der Waals surface area (Å²) in [5, 5.41) is 3.06. The highest BCUT2D eigenvalue weighted by Gasteiger charge is 2.13. The van der Waals surface area contributed by atoms with Crippen molar-refractivity contribution in [3.8, 4) is 0 Å². The van der Waals surface area contributed by atoms with E-state index >= 15 is 0 Å². The summed E-state index contributed by atoms with van der Waals surface area (Å²) in [6, 6.07) is 8.17. The molecule has 1 aliphatic heterocycles. The van der Waals surface area contributed by atoms with E-state index in [1.165, 1.54) is 5.56 Å². The molecule has 1 aromatic rings. The van der Waals surface area contributed by atoms with Crippen LogP contribution >= 0.6 is 0 Å². The fourth-order valence-corrected chi connectivity index (χ4v) is 2.64. The molecule has 0 bridgehead atoms. The van der Waals surface area contributed by atoms with E-state index in [9.17, 15) is 4.79 Å². The molecule has 116 valence electrons. The van der Waals surface area contributed by atoms with E-state index in [4.69, 9.17) is 4.74 Å². The van der Waals surface area contributed by atoms with Gasteiger partial charge in [-0.2, -0.15) is 0 Å². The van der Waals surface area contributed by atoms with Crippen molar-refractivity contribution in [2.45, 2.75) is 39.3 Å². The van der Waals surface area contributed by atoms with E-state index in [1.807, 2.05) is 18.2 Å². The fourth-order valence-electron chi connectivity index (χ4n) is 2.64. The van der Waals surface area contributed by atoms with Gasteiger partial charge in [-0.1, -0.05) is 25.5 Å². The quantitative estimate of drug-likeness (QED) is 0.875. The van der Waals surface area contributed by atoms with E-state index in [2.05, 4.69) is 30.1 Å². The van der Waals surface area contributed by atoms with Gasteiger partial charge in [0, 0.05) is 31.2 Å². The van der Waals surface area contributed by atoms with Crippen LogP contribution in [0.2, 0.25) is 0 Å². The van der Waals surface area contributed by atoms with Crippen LogP contribution in [0.25, 0.3) is 0 Å². The van der Waals surface area contributed by atoms with E-state index in [0.29, 0.717) is 0 Å². The highest BCUT2D eigenvalue weighted by Crippen LogP contribution is 2.10. The molecule has 4 nitrogen and oxygen atoms in total. The first kappa shape index (κ1) is 16.0. The Bertz CT molecular complexity index is 456. The van der Waals surface area contributed by atoms with Crippen LogP contribution in [0.5, 0.6) is 0 Å². The van der Waals surface area contributed by atoms with Gasteiger partial charge in [0.05, 0.1) is 13.2 Å². The molecule has 0 saturated carbocycles. The summed E-state index contributed by atoms with van der Waals surface area (Å²) in [6.07, 6.45) is 2.09. The molecule has 0 spiro atoms. The fraction of sp³-hybridized carbons (Fsp3) is 0.588. The maximum absolute atomic E-state index is 12.2. The van der Waals surface area contributed by atoms with Crippen molar-refractivity contribution in [1.29, 1.82) is 0 Å². The zero-order valence-corrected chi connectivity index (χ0v) is 13.1. The molecule has 1 fully saturated rings. The lowest BCUT2D eigenvalue weighted by atomic mass is 10.1. The molecular weight excluding hydrogens is 264 g/mol. The predicted octanol–water partition coefficient (Wildman–Crippen LogP) is 2.44. The molecule has 1 aromatic carbocycles. The van der Waals surface area contributed by atoms with Gasteiger partial charge in [0.15, 0.2) is 0 Å². The summed E-state index contributed by atoms with van der Waals surface area (Å²) in [7, 11) is 0. The first-order valence-corrected chi connectivity index (χ1v) is 7.89. The molecule has 0 radical (unpaired) electrons. The number of nitrogens with one attached hydrogen (secondary N) is 1. The van der Waals surface area contributed by atoms with Gasteiger partial charge in [-0.15, -0.1) is 0 Å². The lowest BCUT2D eigenvalue weighted by molar-refractivity contribution is 0.0342. The molecule has 1 atom stereocenters. The van der Waals surface area contributed by atoms with Crippen LogP contribution in [-0.4, -0.2) is 43.2 Å². The Balaban J connectivity index is 1.94. The molecule has 1 unspecified atom stereocenters. The minimum atomic E-state index is 0.0276. The van der Waals surface area contributed by atoms with Crippen molar-refractivity contribution >= 4 is 5.91 Å². The highest BCUT2D eigenvalue weighted by atomic mass is 16.5. The van der Waals surface area contributed by atoms with Gasteiger partial charge in [-0.05, 0) is 31.0 Å². The molecular formula is C17H26N2O2. The van der Waals surface area contributed by atoms with E-state index in [1.54, 1.807) is 0 Å². The van der Waals surface area contributed by atoms with Crippen LogP contribution in [0.3, 0.4) is 0 Å². The van der Waals surface area contributed by atoms with Gasteiger partial charge in [0.2, 0.25) is 0 Å². The molecule has 21 heavy (non-hydrogen) atoms. The molecule has 2 rings (SSSR count). The standard InChI is InChI=1S/C17H26N2O2/c1-3-5-14(2)18-17(20)16-7-4-6-15(12-16)13-19-8-10-21-11-9-19/h4,6-7,12,14H,3,5,8-11,13H2,1-2H3,(H,18,20). The van der Waals surface area contributed by atoms with Crippen molar-refractivity contribution in [3.63, 3.8) is 0 Å². The maximum atomic E-state index is 12.2. The predicted molar refractivity (Wildman–Crippen MR) is 84.4 cm³/mol. The van der Waals surface area contributed by atoms with Crippen LogP contribution in [0.4, 0.5) is 0 Å². The third-order valence-electron chi connectivity index (χ3n) is 3.80. The second-order valence-corrected chi connectivity index (χ2v) is 5.75.